The molecule has 1 unspecified atom stereocenters. The van der Waals surface area contributed by atoms with Crippen LogP contribution in [0.5, 0.6) is 0 Å². The van der Waals surface area contributed by atoms with Crippen molar-refractivity contribution in [2.45, 2.75) is 31.7 Å². The van der Waals surface area contributed by atoms with Crippen molar-refractivity contribution in [2.75, 3.05) is 0 Å². The number of rotatable bonds is 3. The van der Waals surface area contributed by atoms with Gasteiger partial charge in [0.15, 0.2) is 0 Å². The topological polar surface area (TPSA) is 66.4 Å². The number of nitrogens with one attached hydrogen (secondary N) is 1. The van der Waals surface area contributed by atoms with Gasteiger partial charge in [0.1, 0.15) is 0 Å². The molecule has 1 atom stereocenters. The van der Waals surface area contributed by atoms with Gasteiger partial charge in [0.25, 0.3) is 0 Å². The predicted octanol–water partition coefficient (Wildman–Crippen LogP) is -0.519. The van der Waals surface area contributed by atoms with E-state index in [1.807, 2.05) is 0 Å². The molecule has 0 aromatic rings. The zero-order valence-corrected chi connectivity index (χ0v) is 6.17. The molecule has 1 fully saturated rings. The van der Waals surface area contributed by atoms with Crippen LogP contribution in [0.3, 0.4) is 0 Å². The quantitative estimate of drug-likeness (QED) is 0.576. The first-order valence-electron chi connectivity index (χ1n) is 3.69. The summed E-state index contributed by atoms with van der Waals surface area (Å²) in [6.45, 7) is 0. The Kier molecular flexibility index (Phi) is 5.53. The van der Waals surface area contributed by atoms with E-state index in [4.69, 9.17) is 5.11 Å². The summed E-state index contributed by atoms with van der Waals surface area (Å²) in [7, 11) is 0. The molecule has 1 aliphatic heterocycles. The third kappa shape index (κ3) is 4.09. The van der Waals surface area contributed by atoms with E-state index in [2.05, 4.69) is 5.32 Å². The van der Waals surface area contributed by atoms with Gasteiger partial charge in [-0.1, -0.05) is 0 Å². The Hall–Kier alpha value is -0.0600. The predicted molar refractivity (Wildman–Crippen MR) is 45.2 cm³/mol. The van der Waals surface area contributed by atoms with Crippen molar-refractivity contribution in [3.63, 3.8) is 0 Å². The van der Waals surface area contributed by atoms with Crippen LogP contribution < -0.4 is 5.32 Å². The van der Waals surface area contributed by atoms with Gasteiger partial charge in [0.2, 0.25) is 5.91 Å². The Morgan fingerprint density at radius 2 is 2.33 bits per heavy atom. The number of carboxylic acid groups (broad SMARTS) is 1. The van der Waals surface area contributed by atoms with E-state index in [0.717, 1.165) is 6.42 Å². The molecule has 64 valence electrons. The molecule has 0 bridgehead atoms. The van der Waals surface area contributed by atoms with Crippen molar-refractivity contribution in [3.8, 4) is 0 Å². The second-order valence-corrected chi connectivity index (χ2v) is 2.74. The van der Waals surface area contributed by atoms with Gasteiger partial charge in [-0.05, 0) is 12.8 Å². The van der Waals surface area contributed by atoms with Crippen LogP contribution >= 0.6 is 0 Å². The van der Waals surface area contributed by atoms with Gasteiger partial charge in [-0.3, -0.25) is 9.59 Å². The van der Waals surface area contributed by atoms with Crippen molar-refractivity contribution in [1.82, 2.24) is 5.32 Å². The molecule has 0 aromatic heterocycles. The van der Waals surface area contributed by atoms with E-state index >= 15 is 0 Å². The van der Waals surface area contributed by atoms with Gasteiger partial charge in [-0.2, -0.15) is 0 Å². The van der Waals surface area contributed by atoms with Crippen LogP contribution in [0.1, 0.15) is 25.7 Å². The Morgan fingerprint density at radius 3 is 2.75 bits per heavy atom. The number of hydrogen-bond acceptors (Lipinski definition) is 2. The van der Waals surface area contributed by atoms with Gasteiger partial charge in [0, 0.05) is 18.9 Å². The van der Waals surface area contributed by atoms with E-state index in [1.165, 1.54) is 0 Å². The standard InChI is InChI=1S/C7H11NO3.Na.H/c9-6-3-1-5(8-6)2-4-7(10)11;;/h5H,1-4H2,(H,8,9)(H,10,11);;. The normalized spacial score (nSPS) is 21.3. The van der Waals surface area contributed by atoms with Crippen LogP contribution in [0.4, 0.5) is 0 Å². The maximum atomic E-state index is 10.6. The second-order valence-electron chi connectivity index (χ2n) is 2.74. The summed E-state index contributed by atoms with van der Waals surface area (Å²) in [5.41, 5.74) is 0. The van der Waals surface area contributed by atoms with Crippen LogP contribution in [0.25, 0.3) is 0 Å². The summed E-state index contributed by atoms with van der Waals surface area (Å²) in [4.78, 5) is 20.8. The Balaban J connectivity index is 0.00000121. The fourth-order valence-corrected chi connectivity index (χ4v) is 1.19. The van der Waals surface area contributed by atoms with Crippen LogP contribution in [0.2, 0.25) is 0 Å². The monoisotopic (exact) mass is 181 g/mol. The van der Waals surface area contributed by atoms with Gasteiger partial charge in [-0.15, -0.1) is 0 Å². The van der Waals surface area contributed by atoms with Gasteiger partial charge in [-0.25, -0.2) is 0 Å². The number of carbonyl (C=O) groups excluding carboxylic acids is 1. The molecule has 1 rings (SSSR count). The average Bonchev–Trinajstić information content (AvgIpc) is 2.31. The maximum absolute atomic E-state index is 10.6. The minimum absolute atomic E-state index is 0. The van der Waals surface area contributed by atoms with Crippen molar-refractivity contribution >= 4 is 41.4 Å². The summed E-state index contributed by atoms with van der Waals surface area (Å²) >= 11 is 0. The molecule has 0 aromatic carbocycles. The number of carbonyl (C=O) groups is 2. The summed E-state index contributed by atoms with van der Waals surface area (Å²) < 4.78 is 0. The summed E-state index contributed by atoms with van der Waals surface area (Å²) in [6, 6.07) is 0.0959. The van der Waals surface area contributed by atoms with Crippen molar-refractivity contribution in [1.29, 1.82) is 0 Å². The molecule has 1 saturated heterocycles. The molecule has 2 N–H and O–H groups in total. The van der Waals surface area contributed by atoms with Gasteiger partial charge in [0.05, 0.1) is 0 Å². The fraction of sp³-hybridized carbons (Fsp3) is 0.714. The van der Waals surface area contributed by atoms with Crippen LogP contribution in [0.15, 0.2) is 0 Å². The van der Waals surface area contributed by atoms with E-state index in [1.54, 1.807) is 0 Å². The summed E-state index contributed by atoms with van der Waals surface area (Å²) in [6.07, 6.45) is 2.03. The van der Waals surface area contributed by atoms with Crippen LogP contribution in [-0.2, 0) is 9.59 Å². The SMILES string of the molecule is O=C(O)CCC1CCC(=O)N1.[NaH]. The molecule has 1 amide bonds. The molecule has 0 saturated carbocycles. The molecule has 12 heavy (non-hydrogen) atoms. The number of amides is 1. The Morgan fingerprint density at radius 1 is 1.67 bits per heavy atom. The Labute approximate surface area is 93.0 Å². The fourth-order valence-electron chi connectivity index (χ4n) is 1.19. The molecule has 0 spiro atoms. The van der Waals surface area contributed by atoms with Crippen molar-refractivity contribution in [3.05, 3.63) is 0 Å². The minimum atomic E-state index is -0.800. The second kappa shape index (κ2) is 5.56. The zero-order chi connectivity index (χ0) is 8.27. The molecule has 0 radical (unpaired) electrons. The summed E-state index contributed by atoms with van der Waals surface area (Å²) in [5.74, 6) is -0.758. The molecular formula is C7H12NNaO3. The van der Waals surface area contributed by atoms with Crippen molar-refractivity contribution in [2.24, 2.45) is 0 Å². The summed E-state index contributed by atoms with van der Waals surface area (Å²) in [5, 5.41) is 11.0. The number of aliphatic carboxylic acids is 1. The van der Waals surface area contributed by atoms with E-state index in [-0.39, 0.29) is 47.9 Å². The third-order valence-corrected chi connectivity index (χ3v) is 1.79. The zero-order valence-electron chi connectivity index (χ0n) is 6.17. The first-order valence-corrected chi connectivity index (χ1v) is 3.69. The molecule has 1 aliphatic rings. The average molecular weight is 181 g/mol. The Bertz CT molecular complexity index is 183. The molecule has 4 nitrogen and oxygen atoms in total. The molecule has 1 heterocycles. The van der Waals surface area contributed by atoms with E-state index in [0.29, 0.717) is 12.8 Å². The third-order valence-electron chi connectivity index (χ3n) is 1.79. The molecule has 0 aliphatic carbocycles. The first kappa shape index (κ1) is 11.9. The van der Waals surface area contributed by atoms with E-state index in [9.17, 15) is 9.59 Å². The van der Waals surface area contributed by atoms with Crippen molar-refractivity contribution < 1.29 is 14.7 Å². The molecular weight excluding hydrogens is 169 g/mol. The number of carboxylic acids is 1. The first-order chi connectivity index (χ1) is 5.18. The molecule has 5 heteroatoms. The number of hydrogen-bond donors (Lipinski definition) is 2. The van der Waals surface area contributed by atoms with Gasteiger partial charge >= 0.3 is 35.5 Å². The van der Waals surface area contributed by atoms with E-state index < -0.39 is 5.97 Å². The van der Waals surface area contributed by atoms with Crippen LogP contribution in [0, 0.1) is 0 Å². The van der Waals surface area contributed by atoms with Gasteiger partial charge < -0.3 is 10.4 Å². The van der Waals surface area contributed by atoms with Crippen LogP contribution in [-0.4, -0.2) is 52.6 Å².